The first-order valence-corrected chi connectivity index (χ1v) is 7.46. The van der Waals surface area contributed by atoms with Crippen LogP contribution in [0.1, 0.15) is 30.7 Å². The van der Waals surface area contributed by atoms with E-state index in [-0.39, 0.29) is 0 Å². The highest BCUT2D eigenvalue weighted by molar-refractivity contribution is 7.18. The molecule has 1 aliphatic carbocycles. The lowest BCUT2D eigenvalue weighted by molar-refractivity contribution is 0.674. The molecule has 1 heterocycles. The van der Waals surface area contributed by atoms with Crippen molar-refractivity contribution in [2.75, 3.05) is 6.54 Å². The second kappa shape index (κ2) is 5.63. The van der Waals surface area contributed by atoms with Crippen LogP contribution in [0, 0.1) is 0 Å². The van der Waals surface area contributed by atoms with Crippen LogP contribution in [-0.2, 0) is 6.54 Å². The van der Waals surface area contributed by atoms with Crippen LogP contribution < -0.4 is 5.32 Å². The van der Waals surface area contributed by atoms with Gasteiger partial charge in [-0.05, 0) is 44.4 Å². The molecular formula is C15H18N2S. The summed E-state index contributed by atoms with van der Waals surface area (Å²) in [6.07, 6.45) is 7.55. The lowest BCUT2D eigenvalue weighted by Crippen LogP contribution is -2.14. The summed E-state index contributed by atoms with van der Waals surface area (Å²) in [5.74, 6) is 0. The number of fused-ring (bicyclic) bond motifs is 1. The SMILES string of the molecule is C1=C(CCNCc2nc3ccccc3s2)CCC1. The van der Waals surface area contributed by atoms with Crippen molar-refractivity contribution in [3.63, 3.8) is 0 Å². The molecule has 0 aliphatic heterocycles. The molecule has 0 saturated carbocycles. The number of thiazole rings is 1. The van der Waals surface area contributed by atoms with Gasteiger partial charge in [0.15, 0.2) is 0 Å². The Morgan fingerprint density at radius 3 is 3.06 bits per heavy atom. The number of hydrogen-bond donors (Lipinski definition) is 1. The van der Waals surface area contributed by atoms with Gasteiger partial charge >= 0.3 is 0 Å². The van der Waals surface area contributed by atoms with Gasteiger partial charge in [0.1, 0.15) is 5.01 Å². The Morgan fingerprint density at radius 1 is 1.28 bits per heavy atom. The van der Waals surface area contributed by atoms with Crippen molar-refractivity contribution in [3.8, 4) is 0 Å². The molecule has 0 amide bonds. The number of nitrogens with one attached hydrogen (secondary N) is 1. The molecule has 1 aromatic carbocycles. The van der Waals surface area contributed by atoms with Crippen LogP contribution in [0.3, 0.4) is 0 Å². The zero-order chi connectivity index (χ0) is 12.2. The minimum absolute atomic E-state index is 0.895. The molecule has 0 unspecified atom stereocenters. The molecule has 0 saturated heterocycles. The van der Waals surface area contributed by atoms with Crippen molar-refractivity contribution in [1.29, 1.82) is 0 Å². The first-order valence-electron chi connectivity index (χ1n) is 6.65. The summed E-state index contributed by atoms with van der Waals surface area (Å²) < 4.78 is 1.29. The van der Waals surface area contributed by atoms with Crippen molar-refractivity contribution in [3.05, 3.63) is 40.9 Å². The van der Waals surface area contributed by atoms with Gasteiger partial charge in [0.2, 0.25) is 0 Å². The van der Waals surface area contributed by atoms with Crippen LogP contribution in [0.5, 0.6) is 0 Å². The summed E-state index contributed by atoms with van der Waals surface area (Å²) in [7, 11) is 0. The van der Waals surface area contributed by atoms with Gasteiger partial charge in [0.25, 0.3) is 0 Å². The number of rotatable bonds is 5. The standard InChI is InChI=1S/C15H18N2S/c1-2-6-12(5-1)9-10-16-11-15-17-13-7-3-4-8-14(13)18-15/h3-5,7-8,16H,1-2,6,9-11H2. The maximum absolute atomic E-state index is 4.62. The molecule has 1 aromatic heterocycles. The van der Waals surface area contributed by atoms with E-state index in [9.17, 15) is 0 Å². The van der Waals surface area contributed by atoms with Gasteiger partial charge in [-0.3, -0.25) is 0 Å². The Kier molecular flexibility index (Phi) is 3.72. The number of para-hydroxylation sites is 1. The van der Waals surface area contributed by atoms with Crippen molar-refractivity contribution in [1.82, 2.24) is 10.3 Å². The van der Waals surface area contributed by atoms with Crippen LogP contribution in [0.25, 0.3) is 10.2 Å². The predicted molar refractivity (Wildman–Crippen MR) is 77.9 cm³/mol. The highest BCUT2D eigenvalue weighted by Crippen LogP contribution is 2.22. The summed E-state index contributed by atoms with van der Waals surface area (Å²) in [6, 6.07) is 8.34. The molecule has 3 heteroatoms. The Bertz CT molecular complexity index is 523. The quantitative estimate of drug-likeness (QED) is 0.650. The second-order valence-corrected chi connectivity index (χ2v) is 5.87. The first-order chi connectivity index (χ1) is 8.92. The van der Waals surface area contributed by atoms with Crippen LogP contribution in [0.4, 0.5) is 0 Å². The average Bonchev–Trinajstić information content (AvgIpc) is 3.03. The van der Waals surface area contributed by atoms with Gasteiger partial charge in [0, 0.05) is 6.54 Å². The molecule has 18 heavy (non-hydrogen) atoms. The van der Waals surface area contributed by atoms with Crippen LogP contribution in [0.2, 0.25) is 0 Å². The highest BCUT2D eigenvalue weighted by Gasteiger charge is 2.05. The molecule has 2 aromatic rings. The lowest BCUT2D eigenvalue weighted by atomic mass is 10.2. The minimum Gasteiger partial charge on any atom is -0.310 e. The van der Waals surface area contributed by atoms with Gasteiger partial charge in [-0.2, -0.15) is 0 Å². The number of allylic oxidation sites excluding steroid dienone is 1. The molecule has 3 rings (SSSR count). The Balaban J connectivity index is 1.50. The fourth-order valence-electron chi connectivity index (χ4n) is 2.40. The van der Waals surface area contributed by atoms with E-state index in [4.69, 9.17) is 0 Å². The van der Waals surface area contributed by atoms with E-state index in [1.54, 1.807) is 16.9 Å². The Hall–Kier alpha value is -1.19. The van der Waals surface area contributed by atoms with Crippen molar-refractivity contribution >= 4 is 21.6 Å². The molecule has 0 radical (unpaired) electrons. The zero-order valence-electron chi connectivity index (χ0n) is 10.5. The van der Waals surface area contributed by atoms with Crippen LogP contribution >= 0.6 is 11.3 Å². The lowest BCUT2D eigenvalue weighted by Gasteiger charge is -2.03. The minimum atomic E-state index is 0.895. The molecule has 1 aliphatic rings. The van der Waals surface area contributed by atoms with Crippen LogP contribution in [0.15, 0.2) is 35.9 Å². The van der Waals surface area contributed by atoms with E-state index in [1.807, 2.05) is 6.07 Å². The van der Waals surface area contributed by atoms with Crippen molar-refractivity contribution in [2.45, 2.75) is 32.2 Å². The number of aromatic nitrogens is 1. The third-order valence-corrected chi connectivity index (χ3v) is 4.41. The van der Waals surface area contributed by atoms with Gasteiger partial charge in [-0.1, -0.05) is 23.8 Å². The maximum Gasteiger partial charge on any atom is 0.108 e. The number of nitrogens with zero attached hydrogens (tertiary/aromatic N) is 1. The topological polar surface area (TPSA) is 24.9 Å². The number of benzene rings is 1. The van der Waals surface area contributed by atoms with E-state index in [2.05, 4.69) is 34.6 Å². The van der Waals surface area contributed by atoms with Crippen molar-refractivity contribution in [2.24, 2.45) is 0 Å². The normalized spacial score (nSPS) is 15.2. The van der Waals surface area contributed by atoms with E-state index in [1.165, 1.54) is 35.4 Å². The van der Waals surface area contributed by atoms with Crippen molar-refractivity contribution < 1.29 is 0 Å². The molecular weight excluding hydrogens is 240 g/mol. The predicted octanol–water partition coefficient (Wildman–Crippen LogP) is 3.89. The summed E-state index contributed by atoms with van der Waals surface area (Å²) in [4.78, 5) is 4.62. The Morgan fingerprint density at radius 2 is 2.22 bits per heavy atom. The average molecular weight is 258 g/mol. The fourth-order valence-corrected chi connectivity index (χ4v) is 3.34. The summed E-state index contributed by atoms with van der Waals surface area (Å²) in [5, 5.41) is 4.69. The largest absolute Gasteiger partial charge is 0.310 e. The van der Waals surface area contributed by atoms with Gasteiger partial charge in [0.05, 0.1) is 10.2 Å². The molecule has 94 valence electrons. The molecule has 0 bridgehead atoms. The molecule has 0 spiro atoms. The third kappa shape index (κ3) is 2.79. The summed E-state index contributed by atoms with van der Waals surface area (Å²) in [5.41, 5.74) is 2.75. The smallest absolute Gasteiger partial charge is 0.108 e. The van der Waals surface area contributed by atoms with E-state index < -0.39 is 0 Å². The van der Waals surface area contributed by atoms with Gasteiger partial charge in [-0.25, -0.2) is 4.98 Å². The van der Waals surface area contributed by atoms with E-state index in [0.29, 0.717) is 0 Å². The summed E-state index contributed by atoms with van der Waals surface area (Å²) >= 11 is 1.79. The zero-order valence-corrected chi connectivity index (χ0v) is 11.3. The number of hydrogen-bond acceptors (Lipinski definition) is 3. The summed E-state index contributed by atoms with van der Waals surface area (Å²) in [6.45, 7) is 1.97. The monoisotopic (exact) mass is 258 g/mol. The van der Waals surface area contributed by atoms with Gasteiger partial charge in [-0.15, -0.1) is 11.3 Å². The van der Waals surface area contributed by atoms with E-state index >= 15 is 0 Å². The molecule has 1 N–H and O–H groups in total. The van der Waals surface area contributed by atoms with Gasteiger partial charge < -0.3 is 5.32 Å². The van der Waals surface area contributed by atoms with E-state index in [0.717, 1.165) is 18.6 Å². The molecule has 0 fully saturated rings. The highest BCUT2D eigenvalue weighted by atomic mass is 32.1. The second-order valence-electron chi connectivity index (χ2n) is 4.76. The maximum atomic E-state index is 4.62. The molecule has 0 atom stereocenters. The Labute approximate surface area is 112 Å². The third-order valence-electron chi connectivity index (χ3n) is 3.37. The fraction of sp³-hybridized carbons (Fsp3) is 0.400. The molecule has 2 nitrogen and oxygen atoms in total. The van der Waals surface area contributed by atoms with Crippen LogP contribution in [-0.4, -0.2) is 11.5 Å². The first kappa shape index (κ1) is 11.9.